The minimum absolute atomic E-state index is 0.411. The molecule has 0 bridgehead atoms. The average Bonchev–Trinajstić information content (AvgIpc) is 2.41. The number of hydrogen-bond acceptors (Lipinski definition) is 2. The molecule has 0 aliphatic heterocycles. The van der Waals surface area contributed by atoms with E-state index in [1.54, 1.807) is 10.9 Å². The average molecular weight is 177 g/mol. The van der Waals surface area contributed by atoms with E-state index in [0.717, 1.165) is 17.1 Å². The Balaban J connectivity index is 3.39. The van der Waals surface area contributed by atoms with Crippen molar-refractivity contribution < 1.29 is 0 Å². The summed E-state index contributed by atoms with van der Waals surface area (Å²) in [6.45, 7) is 13.4. The molecule has 0 saturated heterocycles. The van der Waals surface area contributed by atoms with E-state index in [2.05, 4.69) is 37.2 Å². The summed E-state index contributed by atoms with van der Waals surface area (Å²) in [6.07, 6.45) is 1.64. The smallest absolute Gasteiger partial charge is 0.158 e. The van der Waals surface area contributed by atoms with Gasteiger partial charge in [0, 0.05) is 11.8 Å². The third-order valence-corrected chi connectivity index (χ3v) is 2.01. The van der Waals surface area contributed by atoms with E-state index in [1.165, 1.54) is 0 Å². The zero-order chi connectivity index (χ0) is 10.0. The van der Waals surface area contributed by atoms with Crippen LogP contribution in [-0.4, -0.2) is 16.5 Å². The van der Waals surface area contributed by atoms with Gasteiger partial charge >= 0.3 is 0 Å². The number of nitrogens with zero attached hydrogens (tertiary/aromatic N) is 3. The Morgan fingerprint density at radius 3 is 2.54 bits per heavy atom. The van der Waals surface area contributed by atoms with Crippen LogP contribution in [0.2, 0.25) is 0 Å². The lowest BCUT2D eigenvalue weighted by atomic mass is 10.0. The summed E-state index contributed by atoms with van der Waals surface area (Å²) in [5.74, 6) is 1.22. The molecule has 70 valence electrons. The second-order valence-corrected chi connectivity index (χ2v) is 3.26. The lowest BCUT2D eigenvalue weighted by Gasteiger charge is -2.04. The first-order valence-electron chi connectivity index (χ1n) is 4.30. The second-order valence-electron chi connectivity index (χ2n) is 3.26. The molecule has 0 aliphatic carbocycles. The summed E-state index contributed by atoms with van der Waals surface area (Å²) in [7, 11) is 0. The Kier molecular flexibility index (Phi) is 2.66. The minimum atomic E-state index is 0.411. The zero-order valence-electron chi connectivity index (χ0n) is 8.41. The van der Waals surface area contributed by atoms with Crippen LogP contribution in [0.5, 0.6) is 0 Å². The van der Waals surface area contributed by atoms with Crippen LogP contribution >= 0.6 is 0 Å². The highest BCUT2D eigenvalue weighted by Crippen LogP contribution is 2.29. The van der Waals surface area contributed by atoms with E-state index in [9.17, 15) is 0 Å². The molecule has 1 aromatic heterocycles. The number of hydrogen-bond donors (Lipinski definition) is 0. The Morgan fingerprint density at radius 1 is 1.54 bits per heavy atom. The molecule has 0 radical (unpaired) electrons. The van der Waals surface area contributed by atoms with Crippen molar-refractivity contribution in [1.82, 2.24) is 9.78 Å². The fourth-order valence-corrected chi connectivity index (χ4v) is 1.51. The first-order chi connectivity index (χ1) is 6.11. The summed E-state index contributed by atoms with van der Waals surface area (Å²) in [6, 6.07) is 0. The Bertz CT molecular complexity index is 334. The van der Waals surface area contributed by atoms with Gasteiger partial charge in [-0.1, -0.05) is 20.4 Å². The molecule has 0 atom stereocenters. The lowest BCUT2D eigenvalue weighted by molar-refractivity contribution is 0.857. The van der Waals surface area contributed by atoms with Gasteiger partial charge in [-0.3, -0.25) is 0 Å². The largest absolute Gasteiger partial charge is 0.245 e. The van der Waals surface area contributed by atoms with E-state index >= 15 is 0 Å². The molecular formula is C10H15N3. The summed E-state index contributed by atoms with van der Waals surface area (Å²) >= 11 is 0. The van der Waals surface area contributed by atoms with Crippen molar-refractivity contribution in [3.05, 3.63) is 17.8 Å². The molecule has 0 unspecified atom stereocenters. The van der Waals surface area contributed by atoms with Crippen molar-refractivity contribution in [2.75, 3.05) is 0 Å². The van der Waals surface area contributed by atoms with Crippen LogP contribution in [0, 0.1) is 6.92 Å². The molecular weight excluding hydrogens is 162 g/mol. The Labute approximate surface area is 78.8 Å². The lowest BCUT2D eigenvalue weighted by Crippen LogP contribution is -1.88. The van der Waals surface area contributed by atoms with Crippen molar-refractivity contribution >= 4 is 18.7 Å². The molecule has 3 nitrogen and oxygen atoms in total. The molecule has 0 spiro atoms. The minimum Gasteiger partial charge on any atom is -0.245 e. The number of aromatic nitrogens is 2. The molecule has 0 amide bonds. The molecule has 1 rings (SSSR count). The first-order valence-corrected chi connectivity index (χ1v) is 4.30. The van der Waals surface area contributed by atoms with E-state index in [4.69, 9.17) is 0 Å². The topological polar surface area (TPSA) is 30.2 Å². The fourth-order valence-electron chi connectivity index (χ4n) is 1.51. The molecule has 3 heteroatoms. The van der Waals surface area contributed by atoms with Crippen LogP contribution in [0.3, 0.4) is 0 Å². The second kappa shape index (κ2) is 3.56. The van der Waals surface area contributed by atoms with Crippen LogP contribution in [0.4, 0.5) is 5.82 Å². The fraction of sp³-hybridized carbons (Fsp3) is 0.400. The van der Waals surface area contributed by atoms with Crippen molar-refractivity contribution in [3.8, 4) is 0 Å². The predicted octanol–water partition coefficient (Wildman–Crippen LogP) is 2.75. The summed E-state index contributed by atoms with van der Waals surface area (Å²) in [5.41, 5.74) is 2.15. The highest BCUT2D eigenvalue weighted by Gasteiger charge is 2.14. The summed E-state index contributed by atoms with van der Waals surface area (Å²) < 4.78 is 1.66. The number of aryl methyl sites for hydroxylation is 1. The van der Waals surface area contributed by atoms with E-state index in [1.807, 2.05) is 6.92 Å². The zero-order valence-corrected chi connectivity index (χ0v) is 8.41. The quantitative estimate of drug-likeness (QED) is 0.653. The third kappa shape index (κ3) is 1.54. The molecule has 13 heavy (non-hydrogen) atoms. The predicted molar refractivity (Wildman–Crippen MR) is 56.6 cm³/mol. The molecule has 0 aromatic carbocycles. The van der Waals surface area contributed by atoms with Gasteiger partial charge in [0.1, 0.15) is 0 Å². The molecule has 1 aromatic rings. The van der Waals surface area contributed by atoms with Gasteiger partial charge < -0.3 is 0 Å². The van der Waals surface area contributed by atoms with Crippen LogP contribution in [0.1, 0.15) is 31.0 Å². The van der Waals surface area contributed by atoms with Crippen molar-refractivity contribution in [1.29, 1.82) is 0 Å². The van der Waals surface area contributed by atoms with Gasteiger partial charge in [0.15, 0.2) is 5.82 Å². The Hall–Kier alpha value is -1.38. The van der Waals surface area contributed by atoms with Gasteiger partial charge in [0.25, 0.3) is 0 Å². The van der Waals surface area contributed by atoms with E-state index in [0.29, 0.717) is 5.92 Å². The third-order valence-electron chi connectivity index (χ3n) is 2.01. The van der Waals surface area contributed by atoms with Crippen LogP contribution in [0.15, 0.2) is 11.6 Å². The highest BCUT2D eigenvalue weighted by atomic mass is 15.3. The monoisotopic (exact) mass is 177 g/mol. The molecule has 0 fully saturated rings. The van der Waals surface area contributed by atoms with Gasteiger partial charge in [-0.25, -0.2) is 9.67 Å². The van der Waals surface area contributed by atoms with Gasteiger partial charge in [0.2, 0.25) is 0 Å². The standard InChI is InChI=1S/C10H15N3/c1-6-13-10(11-5)9(7(2)3)8(4)12-13/h6-7H,1,5H2,2-4H3. The normalized spacial score (nSPS) is 10.5. The number of rotatable bonds is 3. The molecule has 1 heterocycles. The SMILES string of the molecule is C=Cn1nc(C)c(C(C)C)c1N=C. The van der Waals surface area contributed by atoms with Gasteiger partial charge in [-0.2, -0.15) is 5.10 Å². The Morgan fingerprint density at radius 2 is 2.15 bits per heavy atom. The molecule has 0 saturated carbocycles. The number of aliphatic imine (C=N–C) groups is 1. The van der Waals surface area contributed by atoms with Gasteiger partial charge in [0.05, 0.1) is 5.69 Å². The van der Waals surface area contributed by atoms with Crippen LogP contribution in [0.25, 0.3) is 6.20 Å². The van der Waals surface area contributed by atoms with Crippen LogP contribution < -0.4 is 0 Å². The van der Waals surface area contributed by atoms with Gasteiger partial charge in [-0.15, -0.1) is 0 Å². The summed E-state index contributed by atoms with van der Waals surface area (Å²) in [4.78, 5) is 3.96. The van der Waals surface area contributed by atoms with Gasteiger partial charge in [-0.05, 0) is 19.6 Å². The maximum atomic E-state index is 4.29. The van der Waals surface area contributed by atoms with Crippen LogP contribution in [-0.2, 0) is 0 Å². The van der Waals surface area contributed by atoms with Crippen molar-refractivity contribution in [3.63, 3.8) is 0 Å². The molecule has 0 aliphatic rings. The summed E-state index contributed by atoms with van der Waals surface area (Å²) in [5, 5.41) is 4.29. The van der Waals surface area contributed by atoms with E-state index in [-0.39, 0.29) is 0 Å². The van der Waals surface area contributed by atoms with E-state index < -0.39 is 0 Å². The maximum absolute atomic E-state index is 4.29. The maximum Gasteiger partial charge on any atom is 0.158 e. The molecule has 0 N–H and O–H groups in total. The van der Waals surface area contributed by atoms with Crippen molar-refractivity contribution in [2.45, 2.75) is 26.7 Å². The van der Waals surface area contributed by atoms with Crippen molar-refractivity contribution in [2.24, 2.45) is 4.99 Å². The highest BCUT2D eigenvalue weighted by molar-refractivity contribution is 5.53. The first kappa shape index (κ1) is 9.71.